The van der Waals surface area contributed by atoms with Gasteiger partial charge in [0.25, 0.3) is 0 Å². The number of amides is 1. The van der Waals surface area contributed by atoms with Crippen molar-refractivity contribution < 1.29 is 17.9 Å². The lowest BCUT2D eigenvalue weighted by Crippen LogP contribution is -2.25. The molecule has 1 amide bonds. The summed E-state index contributed by atoms with van der Waals surface area (Å²) in [6.07, 6.45) is 0. The molecule has 110 valence electrons. The highest BCUT2D eigenvalue weighted by atomic mass is 35.5. The molecule has 1 aromatic rings. The number of halogens is 1. The van der Waals surface area contributed by atoms with Crippen molar-refractivity contribution in [3.8, 4) is 5.75 Å². The van der Waals surface area contributed by atoms with E-state index in [9.17, 15) is 13.2 Å². The van der Waals surface area contributed by atoms with Crippen LogP contribution in [-0.2, 0) is 14.8 Å². The first kappa shape index (κ1) is 16.5. The molecule has 20 heavy (non-hydrogen) atoms. The van der Waals surface area contributed by atoms with E-state index in [1.807, 2.05) is 0 Å². The molecule has 0 saturated carbocycles. The number of nitrogens with one attached hydrogen (secondary N) is 2. The minimum Gasteiger partial charge on any atom is -0.495 e. The van der Waals surface area contributed by atoms with Crippen LogP contribution in [0.25, 0.3) is 0 Å². The molecule has 0 unspecified atom stereocenters. The van der Waals surface area contributed by atoms with E-state index in [-0.39, 0.29) is 28.1 Å². The van der Waals surface area contributed by atoms with Gasteiger partial charge in [0.1, 0.15) is 5.75 Å². The van der Waals surface area contributed by atoms with E-state index >= 15 is 0 Å². The van der Waals surface area contributed by atoms with Gasteiger partial charge in [0.2, 0.25) is 15.9 Å². The molecule has 0 aromatic heterocycles. The van der Waals surface area contributed by atoms with Crippen LogP contribution < -0.4 is 14.8 Å². The number of anilines is 1. The van der Waals surface area contributed by atoms with Gasteiger partial charge in [-0.3, -0.25) is 4.79 Å². The normalized spacial score (nSPS) is 10.9. The molecular weight excluding hydrogens is 304 g/mol. The van der Waals surface area contributed by atoms with E-state index in [0.29, 0.717) is 5.75 Å². The highest BCUT2D eigenvalue weighted by Gasteiger charge is 2.16. The molecule has 0 spiro atoms. The Bertz CT molecular complexity index is 628. The summed E-state index contributed by atoms with van der Waals surface area (Å²) in [7, 11) is -2.32. The quantitative estimate of drug-likeness (QED) is 0.836. The second kappa shape index (κ2) is 6.74. The lowest BCUT2D eigenvalue weighted by Gasteiger charge is -2.12. The molecule has 6 nitrogen and oxygen atoms in total. The number of rotatable bonds is 6. The van der Waals surface area contributed by atoms with Crippen LogP contribution in [0.1, 0.15) is 6.92 Å². The van der Waals surface area contributed by atoms with Crippen molar-refractivity contribution in [2.75, 3.05) is 19.0 Å². The van der Waals surface area contributed by atoms with Crippen LogP contribution in [0.3, 0.4) is 0 Å². The zero-order valence-electron chi connectivity index (χ0n) is 11.1. The van der Waals surface area contributed by atoms with Crippen LogP contribution >= 0.6 is 11.6 Å². The van der Waals surface area contributed by atoms with Gasteiger partial charge in [0, 0.05) is 18.5 Å². The van der Waals surface area contributed by atoms with Crippen LogP contribution in [0, 0.1) is 0 Å². The maximum atomic E-state index is 12.0. The first-order chi connectivity index (χ1) is 9.26. The van der Waals surface area contributed by atoms with Crippen molar-refractivity contribution in [3.05, 3.63) is 29.8 Å². The molecule has 0 aliphatic carbocycles. The van der Waals surface area contributed by atoms with E-state index in [1.54, 1.807) is 0 Å². The van der Waals surface area contributed by atoms with Crippen molar-refractivity contribution in [3.63, 3.8) is 0 Å². The Kier molecular flexibility index (Phi) is 5.55. The van der Waals surface area contributed by atoms with Crippen LogP contribution in [0.5, 0.6) is 5.75 Å². The molecular formula is C12H15ClN2O4S. The molecule has 2 N–H and O–H groups in total. The predicted molar refractivity (Wildman–Crippen MR) is 77.5 cm³/mol. The topological polar surface area (TPSA) is 84.5 Å². The first-order valence-electron chi connectivity index (χ1n) is 5.55. The Balaban J connectivity index is 3.13. The molecule has 0 heterocycles. The predicted octanol–water partition coefficient (Wildman–Crippen LogP) is 1.68. The van der Waals surface area contributed by atoms with Gasteiger partial charge in [0.15, 0.2) is 0 Å². The summed E-state index contributed by atoms with van der Waals surface area (Å²) >= 11 is 5.52. The van der Waals surface area contributed by atoms with Gasteiger partial charge in [-0.2, -0.15) is 0 Å². The summed E-state index contributed by atoms with van der Waals surface area (Å²) in [4.78, 5) is 11.1. The van der Waals surface area contributed by atoms with E-state index in [4.69, 9.17) is 16.3 Å². The Labute approximate surface area is 122 Å². The molecule has 1 rings (SSSR count). The van der Waals surface area contributed by atoms with E-state index in [0.717, 1.165) is 0 Å². The van der Waals surface area contributed by atoms with Gasteiger partial charge in [-0.25, -0.2) is 13.1 Å². The number of hydrogen-bond donors (Lipinski definition) is 2. The third-order valence-electron chi connectivity index (χ3n) is 2.25. The lowest BCUT2D eigenvalue weighted by molar-refractivity contribution is -0.114. The van der Waals surface area contributed by atoms with E-state index < -0.39 is 10.0 Å². The van der Waals surface area contributed by atoms with Crippen molar-refractivity contribution in [2.45, 2.75) is 11.8 Å². The molecule has 0 saturated heterocycles. The SMILES string of the molecule is C=C(Cl)CNS(=O)(=O)c1ccc(OC)c(NC(C)=O)c1. The Hall–Kier alpha value is -1.57. The van der Waals surface area contributed by atoms with Crippen LogP contribution in [0.4, 0.5) is 5.69 Å². The van der Waals surface area contributed by atoms with Gasteiger partial charge in [-0.15, -0.1) is 0 Å². The molecule has 0 atom stereocenters. The largest absolute Gasteiger partial charge is 0.495 e. The molecule has 0 fully saturated rings. The Morgan fingerprint density at radius 2 is 2.10 bits per heavy atom. The zero-order chi connectivity index (χ0) is 15.3. The number of methoxy groups -OCH3 is 1. The average Bonchev–Trinajstić information content (AvgIpc) is 2.35. The zero-order valence-corrected chi connectivity index (χ0v) is 12.6. The van der Waals surface area contributed by atoms with Crippen LogP contribution in [-0.4, -0.2) is 28.0 Å². The van der Waals surface area contributed by atoms with Crippen molar-refractivity contribution in [1.82, 2.24) is 4.72 Å². The van der Waals surface area contributed by atoms with Crippen molar-refractivity contribution >= 4 is 33.2 Å². The minimum atomic E-state index is -3.74. The summed E-state index contributed by atoms with van der Waals surface area (Å²) in [5, 5.41) is 2.67. The van der Waals surface area contributed by atoms with Crippen molar-refractivity contribution in [1.29, 1.82) is 0 Å². The van der Waals surface area contributed by atoms with E-state index in [1.165, 1.54) is 32.2 Å². The number of carbonyl (C=O) groups is 1. The third-order valence-corrected chi connectivity index (χ3v) is 3.78. The summed E-state index contributed by atoms with van der Waals surface area (Å²) in [6.45, 7) is 4.64. The minimum absolute atomic E-state index is 0.0139. The van der Waals surface area contributed by atoms with Gasteiger partial charge >= 0.3 is 0 Å². The highest BCUT2D eigenvalue weighted by molar-refractivity contribution is 7.89. The first-order valence-corrected chi connectivity index (χ1v) is 7.41. The molecule has 8 heteroatoms. The average molecular weight is 319 g/mol. The molecule has 1 aromatic carbocycles. The summed E-state index contributed by atoms with van der Waals surface area (Å²) < 4.78 is 31.3. The number of carbonyl (C=O) groups excluding carboxylic acids is 1. The van der Waals surface area contributed by atoms with E-state index in [2.05, 4.69) is 16.6 Å². The fourth-order valence-electron chi connectivity index (χ4n) is 1.40. The highest BCUT2D eigenvalue weighted by Crippen LogP contribution is 2.27. The Morgan fingerprint density at radius 3 is 2.60 bits per heavy atom. The lowest BCUT2D eigenvalue weighted by atomic mass is 10.3. The fourth-order valence-corrected chi connectivity index (χ4v) is 2.60. The second-order valence-electron chi connectivity index (χ2n) is 3.89. The molecule has 0 aliphatic rings. The molecule has 0 bridgehead atoms. The smallest absolute Gasteiger partial charge is 0.240 e. The van der Waals surface area contributed by atoms with Crippen LogP contribution in [0.2, 0.25) is 0 Å². The maximum Gasteiger partial charge on any atom is 0.240 e. The van der Waals surface area contributed by atoms with Gasteiger partial charge in [0.05, 0.1) is 17.7 Å². The summed E-state index contributed by atoms with van der Waals surface area (Å²) in [5.74, 6) is 0.0286. The third kappa shape index (κ3) is 4.52. The van der Waals surface area contributed by atoms with Gasteiger partial charge < -0.3 is 10.1 Å². The number of ether oxygens (including phenoxy) is 1. The van der Waals surface area contributed by atoms with Crippen molar-refractivity contribution in [2.24, 2.45) is 0 Å². The van der Waals surface area contributed by atoms with Gasteiger partial charge in [-0.1, -0.05) is 18.2 Å². The second-order valence-corrected chi connectivity index (χ2v) is 6.19. The standard InChI is InChI=1S/C12H15ClN2O4S/c1-8(13)7-14-20(17,18)10-4-5-12(19-3)11(6-10)15-9(2)16/h4-6,14H,1,7H2,2-3H3,(H,15,16). The fraction of sp³-hybridized carbons (Fsp3) is 0.250. The number of sulfonamides is 1. The number of hydrogen-bond acceptors (Lipinski definition) is 4. The monoisotopic (exact) mass is 318 g/mol. The maximum absolute atomic E-state index is 12.0. The van der Waals surface area contributed by atoms with Gasteiger partial charge in [-0.05, 0) is 18.2 Å². The molecule has 0 aliphatic heterocycles. The number of benzene rings is 1. The molecule has 0 radical (unpaired) electrons. The summed E-state index contributed by atoms with van der Waals surface area (Å²) in [6, 6.07) is 4.12. The summed E-state index contributed by atoms with van der Waals surface area (Å²) in [5.41, 5.74) is 0.271. The van der Waals surface area contributed by atoms with Crippen LogP contribution in [0.15, 0.2) is 34.7 Å². The Morgan fingerprint density at radius 1 is 1.45 bits per heavy atom.